The molecule has 3 heterocycles. The Morgan fingerprint density at radius 1 is 0.794 bits per heavy atom. The number of fused-ring (bicyclic) bond motifs is 1. The maximum atomic E-state index is 13.0. The van der Waals surface area contributed by atoms with Crippen LogP contribution in [0.15, 0.2) is 91.3 Å². The molecule has 0 atom stereocenters. The summed E-state index contributed by atoms with van der Waals surface area (Å²) in [6.07, 6.45) is -0.493. The minimum absolute atomic E-state index is 0.422. The van der Waals surface area contributed by atoms with Crippen molar-refractivity contribution in [1.82, 2.24) is 19.6 Å². The fraction of sp³-hybridized carbons (Fsp3) is 0.115. The lowest BCUT2D eigenvalue weighted by Gasteiger charge is -2.12. The summed E-state index contributed by atoms with van der Waals surface area (Å²) >= 11 is 0. The minimum atomic E-state index is -4.36. The molecule has 1 N–H and O–H groups in total. The smallest absolute Gasteiger partial charge is 0.370 e. The highest BCUT2D eigenvalue weighted by molar-refractivity contribution is 5.72. The Balaban J connectivity index is 1.47. The number of benzene rings is 2. The van der Waals surface area contributed by atoms with Gasteiger partial charge >= 0.3 is 6.18 Å². The fourth-order valence-corrected chi connectivity index (χ4v) is 3.77. The maximum absolute atomic E-state index is 13.0. The first kappa shape index (κ1) is 21.6. The lowest BCUT2D eigenvalue weighted by Crippen LogP contribution is -2.10. The summed E-state index contributed by atoms with van der Waals surface area (Å²) in [5, 5.41) is 8.00. The van der Waals surface area contributed by atoms with E-state index in [4.69, 9.17) is 4.98 Å². The first-order valence-corrected chi connectivity index (χ1v) is 10.7. The summed E-state index contributed by atoms with van der Waals surface area (Å²) in [6.45, 7) is 0.427. The molecule has 0 spiro atoms. The van der Waals surface area contributed by atoms with E-state index in [0.717, 1.165) is 22.8 Å². The number of halogens is 3. The Kier molecular flexibility index (Phi) is 5.71. The first-order chi connectivity index (χ1) is 16.5. The lowest BCUT2D eigenvalue weighted by atomic mass is 10.1. The van der Waals surface area contributed by atoms with Gasteiger partial charge in [-0.15, -0.1) is 5.10 Å². The van der Waals surface area contributed by atoms with Crippen molar-refractivity contribution < 1.29 is 13.2 Å². The molecule has 0 aliphatic rings. The Morgan fingerprint density at radius 2 is 1.59 bits per heavy atom. The normalized spacial score (nSPS) is 11.6. The van der Waals surface area contributed by atoms with Gasteiger partial charge in [0.1, 0.15) is 5.82 Å². The molecule has 0 unspecified atom stereocenters. The largest absolute Gasteiger partial charge is 0.416 e. The van der Waals surface area contributed by atoms with Gasteiger partial charge in [0.15, 0.2) is 11.5 Å². The molecule has 0 fully saturated rings. The summed E-state index contributed by atoms with van der Waals surface area (Å²) < 4.78 is 40.8. The molecule has 2 aromatic carbocycles. The number of hydrogen-bond donors (Lipinski definition) is 1. The van der Waals surface area contributed by atoms with E-state index in [2.05, 4.69) is 15.4 Å². The second kappa shape index (κ2) is 8.97. The molecule has 0 bridgehead atoms. The summed E-state index contributed by atoms with van der Waals surface area (Å²) in [5.41, 5.74) is 3.43. The monoisotopic (exact) mass is 459 g/mol. The minimum Gasteiger partial charge on any atom is -0.370 e. The van der Waals surface area contributed by atoms with Crippen LogP contribution in [0.25, 0.3) is 28.2 Å². The van der Waals surface area contributed by atoms with Crippen LogP contribution in [0.2, 0.25) is 0 Å². The van der Waals surface area contributed by atoms with Gasteiger partial charge in [-0.1, -0.05) is 48.5 Å². The van der Waals surface area contributed by atoms with Gasteiger partial charge in [-0.2, -0.15) is 17.7 Å². The number of anilines is 1. The van der Waals surface area contributed by atoms with Crippen molar-refractivity contribution in [2.45, 2.75) is 12.6 Å². The van der Waals surface area contributed by atoms with E-state index >= 15 is 0 Å². The Morgan fingerprint density at radius 3 is 2.35 bits per heavy atom. The zero-order valence-corrected chi connectivity index (χ0v) is 18.0. The molecule has 5 nitrogen and oxygen atoms in total. The number of pyridine rings is 2. The Bertz CT molecular complexity index is 1410. The summed E-state index contributed by atoms with van der Waals surface area (Å²) in [5.74, 6) is 1.29. The number of nitrogens with one attached hydrogen (secondary N) is 1. The second-order valence-corrected chi connectivity index (χ2v) is 7.81. The molecule has 0 saturated carbocycles. The Hall–Kier alpha value is -4.20. The molecule has 0 aliphatic carbocycles. The van der Waals surface area contributed by atoms with Crippen molar-refractivity contribution in [3.63, 3.8) is 0 Å². The molecule has 170 valence electrons. The van der Waals surface area contributed by atoms with Crippen molar-refractivity contribution in [2.75, 3.05) is 11.9 Å². The van der Waals surface area contributed by atoms with E-state index in [9.17, 15) is 13.2 Å². The van der Waals surface area contributed by atoms with Crippen LogP contribution in [0, 0.1) is 0 Å². The van der Waals surface area contributed by atoms with Crippen LogP contribution >= 0.6 is 0 Å². The van der Waals surface area contributed by atoms with Crippen molar-refractivity contribution in [3.05, 3.63) is 102 Å². The van der Waals surface area contributed by atoms with E-state index in [1.165, 1.54) is 12.1 Å². The van der Waals surface area contributed by atoms with Crippen LogP contribution in [0.4, 0.5) is 19.0 Å². The molecule has 0 amide bonds. The number of aromatic nitrogens is 4. The first-order valence-electron chi connectivity index (χ1n) is 10.7. The topological polar surface area (TPSA) is 55.1 Å². The van der Waals surface area contributed by atoms with Gasteiger partial charge in [0, 0.05) is 24.5 Å². The average Bonchev–Trinajstić information content (AvgIpc) is 3.29. The number of hydrogen-bond acceptors (Lipinski definition) is 4. The maximum Gasteiger partial charge on any atom is 0.416 e. The number of rotatable bonds is 6. The molecular formula is C26H20F3N5. The summed E-state index contributed by atoms with van der Waals surface area (Å²) in [4.78, 5) is 8.78. The van der Waals surface area contributed by atoms with Gasteiger partial charge in [-0.05, 0) is 53.4 Å². The average molecular weight is 459 g/mol. The van der Waals surface area contributed by atoms with Crippen LogP contribution in [-0.2, 0) is 12.6 Å². The molecular weight excluding hydrogens is 439 g/mol. The second-order valence-electron chi connectivity index (χ2n) is 7.81. The highest BCUT2D eigenvalue weighted by Crippen LogP contribution is 2.30. The van der Waals surface area contributed by atoms with Crippen molar-refractivity contribution in [1.29, 1.82) is 0 Å². The molecule has 8 heteroatoms. The van der Waals surface area contributed by atoms with Gasteiger partial charge in [-0.3, -0.25) is 4.98 Å². The van der Waals surface area contributed by atoms with Gasteiger partial charge in [-0.25, -0.2) is 4.98 Å². The molecule has 3 aromatic heterocycles. The van der Waals surface area contributed by atoms with E-state index < -0.39 is 11.7 Å². The van der Waals surface area contributed by atoms with E-state index in [-0.39, 0.29) is 0 Å². The van der Waals surface area contributed by atoms with Gasteiger partial charge in [0.2, 0.25) is 0 Å². The lowest BCUT2D eigenvalue weighted by molar-refractivity contribution is -0.137. The van der Waals surface area contributed by atoms with E-state index in [1.54, 1.807) is 23.0 Å². The highest BCUT2D eigenvalue weighted by Gasteiger charge is 2.30. The van der Waals surface area contributed by atoms with E-state index in [1.807, 2.05) is 54.6 Å². The highest BCUT2D eigenvalue weighted by atomic mass is 19.4. The quantitative estimate of drug-likeness (QED) is 0.332. The van der Waals surface area contributed by atoms with Crippen LogP contribution < -0.4 is 5.32 Å². The number of alkyl halides is 3. The van der Waals surface area contributed by atoms with Crippen LogP contribution in [0.1, 0.15) is 11.1 Å². The van der Waals surface area contributed by atoms with Gasteiger partial charge in [0.05, 0.1) is 5.56 Å². The predicted molar refractivity (Wildman–Crippen MR) is 125 cm³/mol. The molecule has 5 rings (SSSR count). The zero-order chi connectivity index (χ0) is 23.5. The van der Waals surface area contributed by atoms with Crippen LogP contribution in [0.5, 0.6) is 0 Å². The molecule has 0 saturated heterocycles. The summed E-state index contributed by atoms with van der Waals surface area (Å²) in [7, 11) is 0. The fourth-order valence-electron chi connectivity index (χ4n) is 3.77. The third kappa shape index (κ3) is 4.61. The van der Waals surface area contributed by atoms with Crippen molar-refractivity contribution in [2.24, 2.45) is 0 Å². The predicted octanol–water partition coefficient (Wildman–Crippen LogP) is 6.13. The third-order valence-electron chi connectivity index (χ3n) is 5.46. The van der Waals surface area contributed by atoms with Gasteiger partial charge < -0.3 is 5.32 Å². The van der Waals surface area contributed by atoms with Crippen LogP contribution in [0.3, 0.4) is 0 Å². The molecule has 0 aliphatic heterocycles. The molecule has 5 aromatic rings. The van der Waals surface area contributed by atoms with Crippen molar-refractivity contribution >= 4 is 11.5 Å². The van der Waals surface area contributed by atoms with E-state index in [0.29, 0.717) is 35.8 Å². The van der Waals surface area contributed by atoms with Crippen LogP contribution in [-0.4, -0.2) is 26.1 Å². The standard InChI is InChI=1S/C26H20F3N5/c27-26(28,29)22-8-4-5-18(15-22)9-14-31-23-16-21(19-10-12-30-13-11-19)17-24-32-25(33-34(23)24)20-6-2-1-3-7-20/h1-8,10-13,15-17,31H,9,14H2. The molecule has 0 radical (unpaired) electrons. The third-order valence-corrected chi connectivity index (χ3v) is 5.46. The zero-order valence-electron chi connectivity index (χ0n) is 18.0. The van der Waals surface area contributed by atoms with Crippen molar-refractivity contribution in [3.8, 4) is 22.5 Å². The molecule has 34 heavy (non-hydrogen) atoms. The summed E-state index contributed by atoms with van der Waals surface area (Å²) in [6, 6.07) is 22.8. The number of nitrogens with zero attached hydrogens (tertiary/aromatic N) is 4. The van der Waals surface area contributed by atoms with Gasteiger partial charge in [0.25, 0.3) is 0 Å². The SMILES string of the molecule is FC(F)(F)c1cccc(CCNc2cc(-c3ccncc3)cc3nc(-c4ccccc4)nn23)c1. The Labute approximate surface area is 193 Å².